The van der Waals surface area contributed by atoms with E-state index < -0.39 is 11.8 Å². The van der Waals surface area contributed by atoms with Gasteiger partial charge in [0.05, 0.1) is 17.3 Å². The molecule has 3 N–H and O–H groups in total. The van der Waals surface area contributed by atoms with Gasteiger partial charge in [-0.3, -0.25) is 9.59 Å². The lowest BCUT2D eigenvalue weighted by molar-refractivity contribution is -0.117. The van der Waals surface area contributed by atoms with Gasteiger partial charge in [0.1, 0.15) is 11.5 Å². The fourth-order valence-corrected chi connectivity index (χ4v) is 3.43. The SMILES string of the molecule is O=C(NCCc1nc2ccccc2[nH]1)C(=Cc1ccc2c(c1)OCO2)NC(=O)c1ccco1. The zero-order chi connectivity index (χ0) is 22.6. The Hall–Kier alpha value is -4.53. The normalized spacial score (nSPS) is 12.7. The number of nitrogens with one attached hydrogen (secondary N) is 3. The molecule has 33 heavy (non-hydrogen) atoms. The van der Waals surface area contributed by atoms with Crippen molar-refractivity contribution in [2.45, 2.75) is 6.42 Å². The Morgan fingerprint density at radius 1 is 1.06 bits per heavy atom. The molecule has 0 spiro atoms. The highest BCUT2D eigenvalue weighted by atomic mass is 16.7. The van der Waals surface area contributed by atoms with Gasteiger partial charge in [0.25, 0.3) is 11.8 Å². The molecule has 0 bridgehead atoms. The number of imidazole rings is 1. The Labute approximate surface area is 188 Å². The molecule has 0 fully saturated rings. The third-order valence-corrected chi connectivity index (χ3v) is 5.03. The molecular weight excluding hydrogens is 424 g/mol. The van der Waals surface area contributed by atoms with Gasteiger partial charge in [0, 0.05) is 13.0 Å². The van der Waals surface area contributed by atoms with Crippen LogP contribution >= 0.6 is 0 Å². The maximum absolute atomic E-state index is 12.9. The first-order chi connectivity index (χ1) is 16.2. The zero-order valence-electron chi connectivity index (χ0n) is 17.5. The minimum Gasteiger partial charge on any atom is -0.459 e. The quantitative estimate of drug-likeness (QED) is 0.377. The Balaban J connectivity index is 1.31. The molecule has 2 amide bonds. The number of ether oxygens (including phenoxy) is 2. The van der Waals surface area contributed by atoms with E-state index in [0.29, 0.717) is 30.0 Å². The number of para-hydroxylation sites is 2. The zero-order valence-corrected chi connectivity index (χ0v) is 17.5. The van der Waals surface area contributed by atoms with Crippen molar-refractivity contribution >= 4 is 28.9 Å². The van der Waals surface area contributed by atoms with E-state index in [2.05, 4.69) is 20.6 Å². The van der Waals surface area contributed by atoms with Crippen LogP contribution < -0.4 is 20.1 Å². The van der Waals surface area contributed by atoms with Gasteiger partial charge in [0.2, 0.25) is 6.79 Å². The van der Waals surface area contributed by atoms with Crippen LogP contribution in [-0.4, -0.2) is 35.1 Å². The van der Waals surface area contributed by atoms with Crippen LogP contribution in [0.1, 0.15) is 21.9 Å². The molecule has 9 nitrogen and oxygen atoms in total. The van der Waals surface area contributed by atoms with Gasteiger partial charge >= 0.3 is 0 Å². The summed E-state index contributed by atoms with van der Waals surface area (Å²) < 4.78 is 15.9. The van der Waals surface area contributed by atoms with Crippen LogP contribution in [0.25, 0.3) is 17.1 Å². The van der Waals surface area contributed by atoms with Crippen molar-refractivity contribution in [1.82, 2.24) is 20.6 Å². The highest BCUT2D eigenvalue weighted by Crippen LogP contribution is 2.33. The number of fused-ring (bicyclic) bond motifs is 2. The molecule has 2 aromatic carbocycles. The van der Waals surface area contributed by atoms with Gasteiger partial charge in [-0.2, -0.15) is 0 Å². The summed E-state index contributed by atoms with van der Waals surface area (Å²) in [5.41, 5.74) is 2.54. The minimum atomic E-state index is -0.528. The number of H-pyrrole nitrogens is 1. The van der Waals surface area contributed by atoms with Gasteiger partial charge < -0.3 is 29.5 Å². The lowest BCUT2D eigenvalue weighted by Gasteiger charge is -2.10. The number of hydrogen-bond acceptors (Lipinski definition) is 6. The summed E-state index contributed by atoms with van der Waals surface area (Å²) in [6.45, 7) is 0.473. The topological polar surface area (TPSA) is 118 Å². The predicted molar refractivity (Wildman–Crippen MR) is 120 cm³/mol. The van der Waals surface area contributed by atoms with Gasteiger partial charge in [-0.05, 0) is 48.0 Å². The minimum absolute atomic E-state index is 0.0693. The van der Waals surface area contributed by atoms with Crippen LogP contribution in [0.2, 0.25) is 0 Å². The lowest BCUT2D eigenvalue weighted by Crippen LogP contribution is -2.35. The lowest BCUT2D eigenvalue weighted by atomic mass is 10.1. The summed E-state index contributed by atoms with van der Waals surface area (Å²) in [4.78, 5) is 33.2. The number of carbonyl (C=O) groups excluding carboxylic acids is 2. The smallest absolute Gasteiger partial charge is 0.291 e. The fraction of sp³-hybridized carbons (Fsp3) is 0.125. The molecule has 0 saturated heterocycles. The van der Waals surface area contributed by atoms with Crippen LogP contribution in [0.4, 0.5) is 0 Å². The summed E-state index contributed by atoms with van der Waals surface area (Å²) >= 11 is 0. The van der Waals surface area contributed by atoms with Gasteiger partial charge in [0.15, 0.2) is 17.3 Å². The summed E-state index contributed by atoms with van der Waals surface area (Å²) in [6.07, 6.45) is 3.47. The molecule has 0 saturated carbocycles. The van der Waals surface area contributed by atoms with Crippen LogP contribution in [0.3, 0.4) is 0 Å². The summed E-state index contributed by atoms with van der Waals surface area (Å²) in [7, 11) is 0. The second kappa shape index (κ2) is 8.91. The molecule has 0 unspecified atom stereocenters. The molecule has 1 aliphatic rings. The Morgan fingerprint density at radius 2 is 1.94 bits per heavy atom. The Morgan fingerprint density at radius 3 is 2.79 bits per heavy atom. The van der Waals surface area contributed by atoms with E-state index in [0.717, 1.165) is 16.9 Å². The first-order valence-electron chi connectivity index (χ1n) is 10.3. The molecule has 5 rings (SSSR count). The average molecular weight is 444 g/mol. The van der Waals surface area contributed by atoms with E-state index in [1.54, 1.807) is 30.3 Å². The third-order valence-electron chi connectivity index (χ3n) is 5.03. The maximum Gasteiger partial charge on any atom is 0.291 e. The summed E-state index contributed by atoms with van der Waals surface area (Å²) in [5, 5.41) is 5.46. The van der Waals surface area contributed by atoms with Crippen molar-refractivity contribution in [2.75, 3.05) is 13.3 Å². The van der Waals surface area contributed by atoms with Crippen molar-refractivity contribution in [3.8, 4) is 11.5 Å². The highest BCUT2D eigenvalue weighted by Gasteiger charge is 2.18. The first kappa shape index (κ1) is 20.4. The molecule has 0 radical (unpaired) electrons. The van der Waals surface area contributed by atoms with Gasteiger partial charge in [-0.15, -0.1) is 0 Å². The second-order valence-electron chi connectivity index (χ2n) is 7.31. The molecule has 1 aliphatic heterocycles. The number of aromatic amines is 1. The third kappa shape index (κ3) is 4.57. The van der Waals surface area contributed by atoms with Crippen LogP contribution in [0.5, 0.6) is 11.5 Å². The highest BCUT2D eigenvalue weighted by molar-refractivity contribution is 6.04. The van der Waals surface area contributed by atoms with Crippen LogP contribution in [0.15, 0.2) is 71.0 Å². The first-order valence-corrected chi connectivity index (χ1v) is 10.3. The van der Waals surface area contributed by atoms with Crippen LogP contribution in [-0.2, 0) is 11.2 Å². The number of furan rings is 1. The number of amides is 2. The van der Waals surface area contributed by atoms with Crippen molar-refractivity contribution in [2.24, 2.45) is 0 Å². The van der Waals surface area contributed by atoms with Gasteiger partial charge in [-0.1, -0.05) is 18.2 Å². The number of hydrogen-bond donors (Lipinski definition) is 3. The monoisotopic (exact) mass is 444 g/mol. The Bertz CT molecular complexity index is 1310. The summed E-state index contributed by atoms with van der Waals surface area (Å²) in [6, 6.07) is 16.1. The van der Waals surface area contributed by atoms with E-state index in [9.17, 15) is 9.59 Å². The van der Waals surface area contributed by atoms with E-state index in [-0.39, 0.29) is 18.3 Å². The maximum atomic E-state index is 12.9. The largest absolute Gasteiger partial charge is 0.459 e. The number of aromatic nitrogens is 2. The van der Waals surface area contributed by atoms with E-state index >= 15 is 0 Å². The van der Waals surface area contributed by atoms with Crippen molar-refractivity contribution in [1.29, 1.82) is 0 Å². The number of benzene rings is 2. The van der Waals surface area contributed by atoms with E-state index in [1.165, 1.54) is 12.3 Å². The number of carbonyl (C=O) groups is 2. The Kier molecular flexibility index (Phi) is 5.50. The van der Waals surface area contributed by atoms with Crippen molar-refractivity contribution in [3.05, 3.63) is 83.7 Å². The van der Waals surface area contributed by atoms with E-state index in [1.807, 2.05) is 24.3 Å². The molecule has 4 aromatic rings. The molecule has 0 aliphatic carbocycles. The van der Waals surface area contributed by atoms with Crippen LogP contribution in [0, 0.1) is 0 Å². The fourth-order valence-electron chi connectivity index (χ4n) is 3.43. The number of nitrogens with zero attached hydrogens (tertiary/aromatic N) is 1. The molecule has 166 valence electrons. The summed E-state index contributed by atoms with van der Waals surface area (Å²) in [5.74, 6) is 1.09. The van der Waals surface area contributed by atoms with E-state index in [4.69, 9.17) is 13.9 Å². The predicted octanol–water partition coefficient (Wildman–Crippen LogP) is 3.01. The van der Waals surface area contributed by atoms with Crippen molar-refractivity contribution < 1.29 is 23.5 Å². The average Bonchev–Trinajstić information content (AvgIpc) is 3.58. The molecule has 2 aromatic heterocycles. The van der Waals surface area contributed by atoms with Gasteiger partial charge in [-0.25, -0.2) is 4.98 Å². The second-order valence-corrected chi connectivity index (χ2v) is 7.31. The number of rotatable bonds is 7. The molecule has 9 heteroatoms. The van der Waals surface area contributed by atoms with Crippen molar-refractivity contribution in [3.63, 3.8) is 0 Å². The molecular formula is C24H20N4O5. The molecule has 3 heterocycles. The standard InChI is InChI=1S/C24H20N4O5/c29-23(25-10-9-22-26-16-4-1-2-5-17(16)27-22)18(28-24(30)20-6-3-11-31-20)12-15-7-8-19-21(13-15)33-14-32-19/h1-8,11-13H,9-10,14H2,(H,25,29)(H,26,27)(H,28,30). The molecule has 0 atom stereocenters.